The average molecular weight is 202 g/mol. The Labute approximate surface area is 87.1 Å². The molecule has 1 aromatic carbocycles. The van der Waals surface area contributed by atoms with Crippen LogP contribution in [0.15, 0.2) is 48.8 Å². The van der Waals surface area contributed by atoms with Crippen LogP contribution in [0.25, 0.3) is 0 Å². The zero-order valence-corrected chi connectivity index (χ0v) is 7.96. The predicted octanol–water partition coefficient (Wildman–Crippen LogP) is 2.31. The summed E-state index contributed by atoms with van der Waals surface area (Å²) in [5.74, 6) is 0.117. The van der Waals surface area contributed by atoms with Crippen molar-refractivity contribution in [1.82, 2.24) is 5.32 Å². The van der Waals surface area contributed by atoms with Gasteiger partial charge in [-0.2, -0.15) is 0 Å². The van der Waals surface area contributed by atoms with E-state index in [2.05, 4.69) is 5.32 Å². The minimum Gasteiger partial charge on any atom is -0.368 e. The Kier molecular flexibility index (Phi) is 2.49. The maximum absolute atomic E-state index is 10.6. The first-order valence-electron chi connectivity index (χ1n) is 4.61. The molecule has 0 saturated carbocycles. The minimum absolute atomic E-state index is 0.117. The predicted molar refractivity (Wildman–Crippen MR) is 57.3 cm³/mol. The van der Waals surface area contributed by atoms with Gasteiger partial charge in [-0.3, -0.25) is 10.1 Å². The van der Waals surface area contributed by atoms with Crippen molar-refractivity contribution in [3.8, 4) is 0 Å². The number of rotatable bonds is 2. The molecule has 1 aliphatic rings. The summed E-state index contributed by atoms with van der Waals surface area (Å²) in [6.07, 6.45) is 7.56. The van der Waals surface area contributed by atoms with Crippen LogP contribution < -0.4 is 5.32 Å². The highest BCUT2D eigenvalue weighted by Crippen LogP contribution is 2.23. The van der Waals surface area contributed by atoms with Crippen LogP contribution in [0.5, 0.6) is 0 Å². The van der Waals surface area contributed by atoms with Crippen LogP contribution >= 0.6 is 0 Å². The van der Waals surface area contributed by atoms with Crippen LogP contribution in [-0.2, 0) is 0 Å². The van der Waals surface area contributed by atoms with Crippen LogP contribution in [-0.4, -0.2) is 4.92 Å². The molecule has 76 valence electrons. The number of dihydropyridines is 1. The average Bonchev–Trinajstić information content (AvgIpc) is 2.30. The van der Waals surface area contributed by atoms with Gasteiger partial charge in [-0.15, -0.1) is 0 Å². The van der Waals surface area contributed by atoms with E-state index in [4.69, 9.17) is 0 Å². The second kappa shape index (κ2) is 3.96. The second-order valence-electron chi connectivity index (χ2n) is 3.26. The summed E-state index contributed by atoms with van der Waals surface area (Å²) >= 11 is 0. The van der Waals surface area contributed by atoms with Gasteiger partial charge in [0, 0.05) is 18.1 Å². The minimum atomic E-state index is -0.377. The summed E-state index contributed by atoms with van der Waals surface area (Å²) < 4.78 is 0. The Bertz CT molecular complexity index is 426. The molecule has 0 amide bonds. The molecule has 2 rings (SSSR count). The van der Waals surface area contributed by atoms with Crippen LogP contribution in [0.1, 0.15) is 11.5 Å². The van der Waals surface area contributed by atoms with E-state index in [0.717, 1.165) is 5.56 Å². The molecule has 0 saturated heterocycles. The number of hydrogen-bond donors (Lipinski definition) is 1. The highest BCUT2D eigenvalue weighted by molar-refractivity contribution is 5.39. The lowest BCUT2D eigenvalue weighted by Gasteiger charge is -2.11. The first-order valence-corrected chi connectivity index (χ1v) is 4.61. The molecule has 1 aromatic rings. The van der Waals surface area contributed by atoms with Crippen LogP contribution in [0.2, 0.25) is 0 Å². The van der Waals surface area contributed by atoms with Gasteiger partial charge in [-0.05, 0) is 18.0 Å². The van der Waals surface area contributed by atoms with E-state index in [0.29, 0.717) is 0 Å². The van der Waals surface area contributed by atoms with E-state index < -0.39 is 0 Å². The molecular weight excluding hydrogens is 192 g/mol. The van der Waals surface area contributed by atoms with E-state index >= 15 is 0 Å². The van der Waals surface area contributed by atoms with Gasteiger partial charge in [0.1, 0.15) is 0 Å². The Morgan fingerprint density at radius 1 is 1.27 bits per heavy atom. The fourth-order valence-electron chi connectivity index (χ4n) is 1.51. The lowest BCUT2D eigenvalue weighted by molar-refractivity contribution is -0.384. The maximum Gasteiger partial charge on any atom is 0.269 e. The molecule has 0 fully saturated rings. The molecule has 1 aliphatic heterocycles. The Morgan fingerprint density at radius 3 is 2.67 bits per heavy atom. The molecule has 0 radical (unpaired) electrons. The monoisotopic (exact) mass is 202 g/mol. The highest BCUT2D eigenvalue weighted by Gasteiger charge is 2.11. The van der Waals surface area contributed by atoms with Gasteiger partial charge in [-0.25, -0.2) is 0 Å². The van der Waals surface area contributed by atoms with Gasteiger partial charge >= 0.3 is 0 Å². The van der Waals surface area contributed by atoms with Crippen molar-refractivity contribution in [3.63, 3.8) is 0 Å². The smallest absolute Gasteiger partial charge is 0.269 e. The molecule has 1 heterocycles. The summed E-state index contributed by atoms with van der Waals surface area (Å²) in [4.78, 5) is 10.2. The summed E-state index contributed by atoms with van der Waals surface area (Å²) in [5.41, 5.74) is 1.06. The number of benzene rings is 1. The zero-order valence-electron chi connectivity index (χ0n) is 7.96. The standard InChI is InChI=1S/C11H10N2O2/c14-13(15)11-3-1-2-10(8-11)9-4-6-12-7-5-9/h1-9,12H. The number of allylic oxidation sites excluding steroid dienone is 2. The van der Waals surface area contributed by atoms with Crippen molar-refractivity contribution < 1.29 is 4.92 Å². The van der Waals surface area contributed by atoms with E-state index in [-0.39, 0.29) is 16.5 Å². The van der Waals surface area contributed by atoms with E-state index in [1.807, 2.05) is 30.6 Å². The second-order valence-corrected chi connectivity index (χ2v) is 3.26. The van der Waals surface area contributed by atoms with E-state index in [1.54, 1.807) is 12.1 Å². The summed E-state index contributed by atoms with van der Waals surface area (Å²) in [6.45, 7) is 0. The summed E-state index contributed by atoms with van der Waals surface area (Å²) in [5, 5.41) is 13.5. The van der Waals surface area contributed by atoms with Crippen molar-refractivity contribution in [2.45, 2.75) is 5.92 Å². The number of nitrogens with zero attached hydrogens (tertiary/aromatic N) is 1. The molecule has 0 unspecified atom stereocenters. The SMILES string of the molecule is O=[N+]([O-])c1cccc(C2C=CNC=C2)c1. The summed E-state index contributed by atoms with van der Waals surface area (Å²) in [6, 6.07) is 6.69. The third-order valence-electron chi connectivity index (χ3n) is 2.27. The lowest BCUT2D eigenvalue weighted by atomic mass is 9.97. The maximum atomic E-state index is 10.6. The van der Waals surface area contributed by atoms with Gasteiger partial charge < -0.3 is 5.32 Å². The van der Waals surface area contributed by atoms with Crippen LogP contribution in [0.4, 0.5) is 5.69 Å². The number of hydrogen-bond acceptors (Lipinski definition) is 3. The van der Waals surface area contributed by atoms with Crippen LogP contribution in [0, 0.1) is 10.1 Å². The van der Waals surface area contributed by atoms with Crippen molar-refractivity contribution >= 4 is 5.69 Å². The van der Waals surface area contributed by atoms with Crippen molar-refractivity contribution in [2.24, 2.45) is 0 Å². The lowest BCUT2D eigenvalue weighted by Crippen LogP contribution is -2.03. The van der Waals surface area contributed by atoms with Gasteiger partial charge in [-0.1, -0.05) is 24.3 Å². The molecule has 0 bridgehead atoms. The number of nitrogens with one attached hydrogen (secondary N) is 1. The van der Waals surface area contributed by atoms with Gasteiger partial charge in [0.2, 0.25) is 0 Å². The van der Waals surface area contributed by atoms with Crippen molar-refractivity contribution in [2.75, 3.05) is 0 Å². The molecule has 15 heavy (non-hydrogen) atoms. The molecule has 4 nitrogen and oxygen atoms in total. The first-order chi connectivity index (χ1) is 7.27. The first kappa shape index (κ1) is 9.45. The third kappa shape index (κ3) is 2.04. The fourth-order valence-corrected chi connectivity index (χ4v) is 1.51. The number of nitro benzene ring substituents is 1. The van der Waals surface area contributed by atoms with Gasteiger partial charge in [0.25, 0.3) is 5.69 Å². The number of nitro groups is 1. The molecule has 0 atom stereocenters. The van der Waals surface area contributed by atoms with E-state index in [1.165, 1.54) is 6.07 Å². The van der Waals surface area contributed by atoms with Crippen molar-refractivity contribution in [1.29, 1.82) is 0 Å². The van der Waals surface area contributed by atoms with Gasteiger partial charge in [0.05, 0.1) is 4.92 Å². The van der Waals surface area contributed by atoms with E-state index in [9.17, 15) is 10.1 Å². The number of non-ortho nitro benzene ring substituents is 1. The van der Waals surface area contributed by atoms with Gasteiger partial charge in [0.15, 0.2) is 0 Å². The molecule has 4 heteroatoms. The topological polar surface area (TPSA) is 55.2 Å². The molecule has 1 N–H and O–H groups in total. The largest absolute Gasteiger partial charge is 0.368 e. The quantitative estimate of drug-likeness (QED) is 0.591. The highest BCUT2D eigenvalue weighted by atomic mass is 16.6. The molecule has 0 spiro atoms. The molecule has 0 aliphatic carbocycles. The Hall–Kier alpha value is -2.10. The normalized spacial score (nSPS) is 14.9. The van der Waals surface area contributed by atoms with Crippen molar-refractivity contribution in [3.05, 3.63) is 64.5 Å². The molecule has 0 aromatic heterocycles. The third-order valence-corrected chi connectivity index (χ3v) is 2.27. The Balaban J connectivity index is 2.32. The molecular formula is C11H10N2O2. The summed E-state index contributed by atoms with van der Waals surface area (Å²) in [7, 11) is 0. The zero-order chi connectivity index (χ0) is 10.7. The fraction of sp³-hybridized carbons (Fsp3) is 0.0909. The van der Waals surface area contributed by atoms with Crippen LogP contribution in [0.3, 0.4) is 0 Å². The Morgan fingerprint density at radius 2 is 2.00 bits per heavy atom.